The third-order valence-corrected chi connectivity index (χ3v) is 6.37. The van der Waals surface area contributed by atoms with Crippen LogP contribution < -0.4 is 5.32 Å². The summed E-state index contributed by atoms with van der Waals surface area (Å²) in [6, 6.07) is 0. The number of ether oxygens (including phenoxy) is 2. The Labute approximate surface area is 173 Å². The molecular weight excluding hydrogens is 372 g/mol. The Hall–Kier alpha value is -1.79. The highest BCUT2D eigenvalue weighted by molar-refractivity contribution is 5.94. The minimum atomic E-state index is -0.534. The van der Waals surface area contributed by atoms with Crippen molar-refractivity contribution in [2.45, 2.75) is 83.3 Å². The second-order valence-electron chi connectivity index (χ2n) is 10.3. The van der Waals surface area contributed by atoms with E-state index < -0.39 is 17.7 Å². The van der Waals surface area contributed by atoms with Crippen molar-refractivity contribution >= 4 is 18.0 Å². The topological polar surface area (TPSA) is 84.9 Å². The van der Waals surface area contributed by atoms with Gasteiger partial charge < -0.3 is 19.7 Å². The molecule has 0 aromatic carbocycles. The molecule has 7 nitrogen and oxygen atoms in total. The molecule has 0 radical (unpaired) electrons. The smallest absolute Gasteiger partial charge is 0.407 e. The molecule has 29 heavy (non-hydrogen) atoms. The third kappa shape index (κ3) is 6.09. The van der Waals surface area contributed by atoms with Crippen LogP contribution in [0.1, 0.15) is 72.1 Å². The lowest BCUT2D eigenvalue weighted by Crippen LogP contribution is -2.53. The summed E-state index contributed by atoms with van der Waals surface area (Å²) in [5.74, 6) is 1.47. The molecule has 164 valence electrons. The van der Waals surface area contributed by atoms with E-state index >= 15 is 0 Å². The van der Waals surface area contributed by atoms with Crippen molar-refractivity contribution < 1.29 is 23.9 Å². The number of rotatable bonds is 7. The summed E-state index contributed by atoms with van der Waals surface area (Å²) >= 11 is 0. The second-order valence-corrected chi connectivity index (χ2v) is 10.3. The molecule has 4 aliphatic carbocycles. The maximum atomic E-state index is 12.5. The van der Waals surface area contributed by atoms with Crippen molar-refractivity contribution in [1.82, 2.24) is 10.2 Å². The van der Waals surface area contributed by atoms with Crippen LogP contribution in [-0.2, 0) is 19.1 Å². The number of carbonyl (C=O) groups excluding carboxylic acids is 3. The predicted molar refractivity (Wildman–Crippen MR) is 108 cm³/mol. The Balaban J connectivity index is 1.35. The first-order valence-corrected chi connectivity index (χ1v) is 11.0. The van der Waals surface area contributed by atoms with Gasteiger partial charge in [0.2, 0.25) is 5.91 Å². The Morgan fingerprint density at radius 2 is 1.59 bits per heavy atom. The fraction of sp³-hybridized carbons (Fsp3) is 0.864. The zero-order valence-corrected chi connectivity index (χ0v) is 18.3. The fourth-order valence-corrected chi connectivity index (χ4v) is 5.64. The summed E-state index contributed by atoms with van der Waals surface area (Å²) < 4.78 is 11.1. The Morgan fingerprint density at radius 3 is 2.10 bits per heavy atom. The van der Waals surface area contributed by atoms with Gasteiger partial charge in [-0.05, 0) is 83.5 Å². The zero-order chi connectivity index (χ0) is 21.2. The van der Waals surface area contributed by atoms with E-state index in [2.05, 4.69) is 5.32 Å². The normalized spacial score (nSPS) is 30.0. The highest BCUT2D eigenvalue weighted by Gasteiger charge is 2.53. The number of hydrogen-bond donors (Lipinski definition) is 1. The van der Waals surface area contributed by atoms with Crippen LogP contribution in [0.25, 0.3) is 0 Å². The molecule has 4 bridgehead atoms. The lowest BCUT2D eigenvalue weighted by Gasteiger charge is -2.55. The van der Waals surface area contributed by atoms with Crippen LogP contribution in [0.4, 0.5) is 4.79 Å². The molecule has 4 aliphatic rings. The Bertz CT molecular complexity index is 604. The monoisotopic (exact) mass is 408 g/mol. The van der Waals surface area contributed by atoms with Gasteiger partial charge in [0.15, 0.2) is 0 Å². The van der Waals surface area contributed by atoms with Gasteiger partial charge in [0, 0.05) is 20.1 Å². The molecule has 7 heteroatoms. The molecule has 0 heterocycles. The van der Waals surface area contributed by atoms with Crippen LogP contribution in [-0.4, -0.2) is 54.2 Å². The molecule has 0 aromatic rings. The van der Waals surface area contributed by atoms with Crippen molar-refractivity contribution in [2.75, 3.05) is 20.1 Å². The van der Waals surface area contributed by atoms with Gasteiger partial charge in [-0.25, -0.2) is 4.79 Å². The number of hydrogen-bond acceptors (Lipinski definition) is 5. The average Bonchev–Trinajstić information content (AvgIpc) is 2.54. The largest absolute Gasteiger partial charge is 0.459 e. The van der Waals surface area contributed by atoms with Gasteiger partial charge in [0.1, 0.15) is 17.6 Å². The Morgan fingerprint density at radius 1 is 1.03 bits per heavy atom. The molecule has 0 unspecified atom stereocenters. The number of nitrogens with zero attached hydrogens (tertiary/aromatic N) is 1. The van der Waals surface area contributed by atoms with E-state index in [1.54, 1.807) is 7.05 Å². The number of esters is 1. The van der Waals surface area contributed by atoms with Crippen LogP contribution in [0.5, 0.6) is 0 Å². The quantitative estimate of drug-likeness (QED) is 0.397. The highest BCUT2D eigenvalue weighted by atomic mass is 16.6. The summed E-state index contributed by atoms with van der Waals surface area (Å²) in [6.07, 6.45) is 6.71. The molecule has 2 amide bonds. The lowest BCUT2D eigenvalue weighted by atomic mass is 9.54. The van der Waals surface area contributed by atoms with E-state index in [9.17, 15) is 14.4 Å². The first-order chi connectivity index (χ1) is 13.5. The van der Waals surface area contributed by atoms with Crippen LogP contribution >= 0.6 is 0 Å². The van der Waals surface area contributed by atoms with Crippen LogP contribution in [0.15, 0.2) is 0 Å². The van der Waals surface area contributed by atoms with Crippen molar-refractivity contribution in [3.8, 4) is 0 Å². The molecule has 4 fully saturated rings. The van der Waals surface area contributed by atoms with E-state index in [1.165, 1.54) is 24.2 Å². The summed E-state index contributed by atoms with van der Waals surface area (Å²) in [7, 11) is 1.67. The molecule has 0 aromatic heterocycles. The predicted octanol–water partition coefficient (Wildman–Crippen LogP) is 3.26. The van der Waals surface area contributed by atoms with Crippen molar-refractivity contribution in [3.05, 3.63) is 0 Å². The SMILES string of the molecule is CN(CCCNC(=O)OC(C)(C)C)C(=O)CC(=O)OC12CC3CC(CC(C3)C1)C2. The molecule has 0 aliphatic heterocycles. The van der Waals surface area contributed by atoms with Gasteiger partial charge >= 0.3 is 12.1 Å². The van der Waals surface area contributed by atoms with E-state index in [-0.39, 0.29) is 17.9 Å². The molecule has 0 saturated heterocycles. The zero-order valence-electron chi connectivity index (χ0n) is 18.3. The fourth-order valence-electron chi connectivity index (χ4n) is 5.64. The van der Waals surface area contributed by atoms with Crippen molar-refractivity contribution in [3.63, 3.8) is 0 Å². The summed E-state index contributed by atoms with van der Waals surface area (Å²) in [4.78, 5) is 38.0. The summed E-state index contributed by atoms with van der Waals surface area (Å²) in [6.45, 7) is 6.29. The van der Waals surface area contributed by atoms with Gasteiger partial charge in [-0.2, -0.15) is 0 Å². The Kier molecular flexibility index (Phi) is 6.44. The first kappa shape index (κ1) is 21.9. The standard InChI is InChI=1S/C22H36N2O5/c1-21(2,3)29-20(27)23-6-5-7-24(4)18(25)11-19(26)28-22-12-15-8-16(13-22)10-17(9-15)14-22/h15-17H,5-14H2,1-4H3,(H,23,27). The van der Waals surface area contributed by atoms with E-state index in [0.29, 0.717) is 37.3 Å². The lowest BCUT2D eigenvalue weighted by molar-refractivity contribution is -0.187. The number of amides is 2. The highest BCUT2D eigenvalue weighted by Crippen LogP contribution is 2.57. The van der Waals surface area contributed by atoms with Crippen molar-refractivity contribution in [2.24, 2.45) is 17.8 Å². The van der Waals surface area contributed by atoms with Gasteiger partial charge in [0.05, 0.1) is 0 Å². The van der Waals surface area contributed by atoms with Gasteiger partial charge in [-0.1, -0.05) is 0 Å². The molecule has 0 spiro atoms. The number of alkyl carbamates (subject to hydrolysis) is 1. The second kappa shape index (κ2) is 8.52. The molecule has 0 atom stereocenters. The minimum Gasteiger partial charge on any atom is -0.459 e. The molecule has 1 N–H and O–H groups in total. The van der Waals surface area contributed by atoms with Crippen LogP contribution in [0, 0.1) is 17.8 Å². The summed E-state index contributed by atoms with van der Waals surface area (Å²) in [5, 5.41) is 2.67. The van der Waals surface area contributed by atoms with Crippen LogP contribution in [0.2, 0.25) is 0 Å². The van der Waals surface area contributed by atoms with E-state index in [4.69, 9.17) is 9.47 Å². The maximum absolute atomic E-state index is 12.5. The first-order valence-electron chi connectivity index (χ1n) is 11.0. The van der Waals surface area contributed by atoms with Gasteiger partial charge in [-0.15, -0.1) is 0 Å². The van der Waals surface area contributed by atoms with Crippen LogP contribution in [0.3, 0.4) is 0 Å². The number of nitrogens with one attached hydrogen (secondary N) is 1. The van der Waals surface area contributed by atoms with E-state index in [0.717, 1.165) is 19.3 Å². The van der Waals surface area contributed by atoms with Gasteiger partial charge in [0.25, 0.3) is 0 Å². The van der Waals surface area contributed by atoms with Crippen molar-refractivity contribution in [1.29, 1.82) is 0 Å². The third-order valence-electron chi connectivity index (χ3n) is 6.37. The molecule has 4 saturated carbocycles. The van der Waals surface area contributed by atoms with Gasteiger partial charge in [-0.3, -0.25) is 9.59 Å². The molecular formula is C22H36N2O5. The number of carbonyl (C=O) groups is 3. The minimum absolute atomic E-state index is 0.211. The maximum Gasteiger partial charge on any atom is 0.407 e. The average molecular weight is 409 g/mol. The molecule has 4 rings (SSSR count). The van der Waals surface area contributed by atoms with E-state index in [1.807, 2.05) is 20.8 Å². The summed E-state index contributed by atoms with van der Waals surface area (Å²) in [5.41, 5.74) is -0.837.